The highest BCUT2D eigenvalue weighted by molar-refractivity contribution is 14.1. The number of aliphatic carboxylic acids is 1. The molecule has 0 saturated heterocycles. The number of pyridine rings is 5. The maximum Gasteiger partial charge on any atom is 0.416 e. The number of hydrazine groups is 1. The number of allylic oxidation sites excluding steroid dienone is 4. The fraction of sp³-hybridized carbons (Fsp3) is 0.231. The number of esters is 2. The molecule has 0 spiro atoms. The van der Waals surface area contributed by atoms with Gasteiger partial charge >= 0.3 is 24.3 Å². The van der Waals surface area contributed by atoms with Gasteiger partial charge < -0.3 is 36.2 Å². The fourth-order valence-corrected chi connectivity index (χ4v) is 9.77. The molecule has 0 saturated carbocycles. The summed E-state index contributed by atoms with van der Waals surface area (Å²) in [7, 11) is -1.00. The summed E-state index contributed by atoms with van der Waals surface area (Å²) in [5.41, 5.74) is 27.7. The number of hydrazone groups is 1. The smallest absolute Gasteiger partial charge is 0.416 e. The van der Waals surface area contributed by atoms with Crippen molar-refractivity contribution in [3.05, 3.63) is 309 Å². The van der Waals surface area contributed by atoms with Gasteiger partial charge in [-0.2, -0.15) is 57.8 Å². The van der Waals surface area contributed by atoms with E-state index < -0.39 is 48.5 Å². The van der Waals surface area contributed by atoms with Crippen molar-refractivity contribution in [2.75, 3.05) is 38.2 Å². The highest BCUT2D eigenvalue weighted by Crippen LogP contribution is 2.32. The van der Waals surface area contributed by atoms with E-state index in [2.05, 4.69) is 115 Å². The Morgan fingerprint density at radius 3 is 1.31 bits per heavy atom. The molecule has 0 aliphatic carbocycles. The summed E-state index contributed by atoms with van der Waals surface area (Å²) in [5, 5.41) is 67.7. The summed E-state index contributed by atoms with van der Waals surface area (Å²) in [6, 6.07) is 56.7. The number of nitrogens with one attached hydrogen (secondary N) is 3. The lowest BCUT2D eigenvalue weighted by atomic mass is 10.1. The van der Waals surface area contributed by atoms with Crippen LogP contribution < -0.4 is 28.2 Å². The number of hydrogen-bond donors (Lipinski definition) is 7. The van der Waals surface area contributed by atoms with Gasteiger partial charge in [0, 0.05) is 99.6 Å². The molecular weight excluding hydrogens is 1810 g/mol. The van der Waals surface area contributed by atoms with Crippen LogP contribution in [0.3, 0.4) is 0 Å². The molecule has 0 unspecified atom stereocenters. The Morgan fingerprint density at radius 2 is 0.969 bits per heavy atom. The van der Waals surface area contributed by atoms with Crippen LogP contribution in [0.4, 0.5) is 30.7 Å². The van der Waals surface area contributed by atoms with Crippen LogP contribution in [0.2, 0.25) is 0 Å². The van der Waals surface area contributed by atoms with Crippen molar-refractivity contribution < 1.29 is 65.8 Å². The van der Waals surface area contributed by atoms with Crippen LogP contribution in [0.25, 0.3) is 39.9 Å². The lowest BCUT2D eigenvalue weighted by Gasteiger charge is -2.10. The maximum absolute atomic E-state index is 12.4. The SMILES string of the molecule is CC(=O)O.CC(=O)OC(C)=O.CCOC=C(C#N)c1ccccn1.CCOCC.CI.CSC(=N)c1cc(C)cc(C(F)(F)F)c1.Cc1cc(C(N)=S)cc(C(F)(F)F)c1.Cc1cc(C)cc(-c2ncn(C=C(C#N)c3ccccn3)n2)c1.Cc1cc(C)cc(C(N)=NNC=C(C#N)c2ccccn2)c1.N#CC(=CNN)c1ccccn1.N#CCc1ccccn1.[2H]CF. The largest absolute Gasteiger partial charge is 0.500 e. The number of amidine groups is 1. The van der Waals surface area contributed by atoms with Crippen LogP contribution in [-0.4, -0.2) is 117 Å². The first kappa shape index (κ1) is 114. The van der Waals surface area contributed by atoms with Crippen molar-refractivity contribution in [1.29, 1.82) is 31.7 Å². The van der Waals surface area contributed by atoms with E-state index in [9.17, 15) is 45.6 Å². The first-order valence-electron chi connectivity index (χ1n) is 38.1. The second-order valence-electron chi connectivity index (χ2n) is 24.7. The van der Waals surface area contributed by atoms with Crippen molar-refractivity contribution in [3.8, 4) is 41.7 Å². The number of carboxylic acids is 1. The Bertz CT molecular complexity index is 5400. The second kappa shape index (κ2) is 67.2. The summed E-state index contributed by atoms with van der Waals surface area (Å²) in [4.78, 5) is 55.2. The number of aromatic nitrogens is 8. The summed E-state index contributed by atoms with van der Waals surface area (Å²) >= 11 is 7.89. The predicted octanol–water partition coefficient (Wildman–Crippen LogP) is 18.7. The summed E-state index contributed by atoms with van der Waals surface area (Å²) in [6.45, 7) is 22.8. The topological polar surface area (TPSA) is 452 Å². The molecule has 37 heteroatoms. The molecule has 0 amide bonds. The average Bonchev–Trinajstić information content (AvgIpc) is 1.69. The van der Waals surface area contributed by atoms with E-state index in [1.54, 1.807) is 117 Å². The molecule has 10 N–H and O–H groups in total. The minimum Gasteiger partial charge on any atom is -0.500 e. The normalized spacial score (nSPS) is 10.5. The molecule has 0 radical (unpaired) electrons. The summed E-state index contributed by atoms with van der Waals surface area (Å²) < 4.78 is 105. The van der Waals surface area contributed by atoms with Crippen LogP contribution in [-0.2, 0) is 47.4 Å². The Morgan fingerprint density at radius 1 is 0.586 bits per heavy atom. The zero-order valence-electron chi connectivity index (χ0n) is 73.6. The molecule has 128 heavy (non-hydrogen) atoms. The highest BCUT2D eigenvalue weighted by Gasteiger charge is 2.32. The Labute approximate surface area is 765 Å². The van der Waals surface area contributed by atoms with Gasteiger partial charge in [-0.05, 0) is 206 Å². The highest BCUT2D eigenvalue weighted by atomic mass is 127. The number of nitriles is 5. The van der Waals surface area contributed by atoms with Crippen molar-refractivity contribution in [2.24, 2.45) is 22.4 Å². The second-order valence-corrected chi connectivity index (χ2v) is 25.9. The number of thioether (sulfide) groups is 1. The van der Waals surface area contributed by atoms with Gasteiger partial charge in [-0.3, -0.25) is 60.4 Å². The molecular formula is C91H100F7IN20O7S2. The molecule has 10 rings (SSSR count). The van der Waals surface area contributed by atoms with Crippen LogP contribution in [0.5, 0.6) is 0 Å². The third kappa shape index (κ3) is 51.7. The predicted molar refractivity (Wildman–Crippen MR) is 498 cm³/mol. The van der Waals surface area contributed by atoms with Gasteiger partial charge in [0.1, 0.15) is 47.4 Å². The molecule has 0 aliphatic heterocycles. The van der Waals surface area contributed by atoms with Gasteiger partial charge in [-0.25, -0.2) is 9.67 Å². The van der Waals surface area contributed by atoms with Crippen molar-refractivity contribution >= 4 is 109 Å². The van der Waals surface area contributed by atoms with E-state index in [4.69, 9.17) is 64.5 Å². The third-order valence-electron chi connectivity index (χ3n) is 14.2. The monoisotopic (exact) mass is 1910 g/mol. The van der Waals surface area contributed by atoms with Gasteiger partial charge in [-0.1, -0.05) is 99.5 Å². The first-order chi connectivity index (χ1) is 61.3. The number of nitrogens with zero attached hydrogens (tertiary/aromatic N) is 14. The molecule has 10 aromatic rings. The quantitative estimate of drug-likeness (QED) is 0.00362. The van der Waals surface area contributed by atoms with Gasteiger partial charge in [0.05, 0.1) is 95.2 Å². The van der Waals surface area contributed by atoms with Gasteiger partial charge in [-0.15, -0.1) is 16.9 Å². The van der Waals surface area contributed by atoms with E-state index in [1.807, 2.05) is 144 Å². The average molecular weight is 1910 g/mol. The first-order valence-corrected chi connectivity index (χ1v) is 41.2. The van der Waals surface area contributed by atoms with E-state index in [-0.39, 0.29) is 15.6 Å². The maximum atomic E-state index is 12.4. The van der Waals surface area contributed by atoms with Gasteiger partial charge in [0.15, 0.2) is 11.7 Å². The minimum atomic E-state index is -4.36. The number of carbonyl (C=O) groups is 3. The molecule has 6 heterocycles. The Kier molecular flexibility index (Phi) is 59.7. The number of ether oxygens (including phenoxy) is 3. The number of hydrogen-bond acceptors (Lipinski definition) is 25. The zero-order chi connectivity index (χ0) is 97.9. The molecule has 0 fully saturated rings. The van der Waals surface area contributed by atoms with Crippen molar-refractivity contribution in [3.63, 3.8) is 0 Å². The molecule has 27 nitrogen and oxygen atoms in total. The van der Waals surface area contributed by atoms with E-state index in [0.717, 1.165) is 95.2 Å². The lowest BCUT2D eigenvalue weighted by molar-refractivity contribution is -0.156. The number of rotatable bonds is 17. The van der Waals surface area contributed by atoms with Crippen LogP contribution >= 0.6 is 46.6 Å². The molecule has 6 aromatic heterocycles. The number of alkyl halides is 8. The number of halogens is 8. The zero-order valence-corrected chi connectivity index (χ0v) is 76.4. The van der Waals surface area contributed by atoms with Crippen LogP contribution in [0.15, 0.2) is 225 Å². The van der Waals surface area contributed by atoms with Crippen molar-refractivity contribution in [2.45, 2.75) is 102 Å². The molecule has 0 atom stereocenters. The summed E-state index contributed by atoms with van der Waals surface area (Å²) in [6.07, 6.45) is 9.15. The van der Waals surface area contributed by atoms with Crippen molar-refractivity contribution in [1.82, 2.24) is 50.5 Å². The Balaban J connectivity index is 0. The standard InChI is InChI=1S/C18H15N5.C17H17N5.C10H10F3NS.C10H10N2O.C9H8F3NS.C8H8N4.C7H6N2.C4H6O3.C4H10O.C2H4O2.CH3F.CH3I/c1-13-7-14(2)9-15(8-13)18-21-12-23(22-18)11-16(10-19)17-5-3-4-6-20-17;1-12-7-13(2)9-14(8-12)17(19)22-21-11-15(10-18)16-5-3-4-6-20-16;1-6-3-7(9(14)15-2)5-8(4-6)10(11,12)13;1-2-13-8-9(7-11)10-5-3-4-6-12-10;1-5-2-6(8(13)14)4-7(3-5)9(10,11)12;9-5-7(6-12-10)8-3-1-2-4-11-8;8-5-4-7-3-1-2-6-9-7;1-3(5)7-4(2)6;1-3-5-4-2;1-2(3)4;2*1-2/h3-9,11-12H,1-2H3;3-9,11,21H,1-2H3,(H2,19,22);3-5,14H,1-2H3;3-6,8H,2H2,1H3;2-4H,1H3,(H2,13,14);1-4,6,12H,10H2;1-3,6H,4H2;1-2H3;3-4H2,1-2H3;1H3,(H,3,4);2*1H3/i;;;;;;;;;;1D;. The van der Waals surface area contributed by atoms with E-state index in [0.29, 0.717) is 86.4 Å². The number of thiocarbonyl (C=S) groups is 1. The number of carbonyl (C=O) groups excluding carboxylic acids is 2. The minimum absolute atomic E-state index is 0.0285. The molecule has 674 valence electrons. The van der Waals surface area contributed by atoms with Crippen LogP contribution in [0, 0.1) is 104 Å². The fourth-order valence-electron chi connectivity index (χ4n) is 9.30. The Hall–Kier alpha value is -14.3. The summed E-state index contributed by atoms with van der Waals surface area (Å²) in [5.74, 6) is 4.07. The molecule has 4 aromatic carbocycles. The number of benzene rings is 4. The molecule has 0 aliphatic rings. The third-order valence-corrected chi connectivity index (χ3v) is 15.1. The number of nitrogens with two attached hydrogens (primary N) is 3. The van der Waals surface area contributed by atoms with Gasteiger partial charge in [0.25, 0.3) is 5.97 Å². The molecule has 0 bridgehead atoms. The van der Waals surface area contributed by atoms with E-state index >= 15 is 0 Å². The van der Waals surface area contributed by atoms with E-state index in [1.165, 1.54) is 38.6 Å². The lowest BCUT2D eigenvalue weighted by Crippen LogP contribution is -2.17. The van der Waals surface area contributed by atoms with Gasteiger partial charge in [0.2, 0.25) is 0 Å². The number of carboxylic acid groups (broad SMARTS) is 1. The number of aryl methyl sites for hydroxylation is 6. The van der Waals surface area contributed by atoms with Crippen LogP contribution in [0.1, 0.15) is 133 Å².